The molecule has 1 aliphatic rings. The molecule has 0 saturated carbocycles. The van der Waals surface area contributed by atoms with Crippen LogP contribution in [0.2, 0.25) is 0 Å². The maximum atomic E-state index is 3.60. The zero-order valence-corrected chi connectivity index (χ0v) is 14.5. The summed E-state index contributed by atoms with van der Waals surface area (Å²) in [5, 5.41) is 3.60. The van der Waals surface area contributed by atoms with E-state index in [0.717, 1.165) is 12.5 Å². The fraction of sp³-hybridized carbons (Fsp3) is 0.684. The van der Waals surface area contributed by atoms with Crippen molar-refractivity contribution in [1.29, 1.82) is 0 Å². The van der Waals surface area contributed by atoms with E-state index in [1.165, 1.54) is 54.7 Å². The predicted octanol–water partition coefficient (Wildman–Crippen LogP) is 3.82. The molecule has 1 saturated heterocycles. The summed E-state index contributed by atoms with van der Waals surface area (Å²) in [5.41, 5.74) is 5.83. The van der Waals surface area contributed by atoms with E-state index in [-0.39, 0.29) is 0 Å². The molecule has 0 amide bonds. The van der Waals surface area contributed by atoms with Gasteiger partial charge in [-0.25, -0.2) is 0 Å². The molecule has 2 nitrogen and oxygen atoms in total. The Balaban J connectivity index is 1.96. The Hall–Kier alpha value is -0.860. The molecule has 0 radical (unpaired) electrons. The van der Waals surface area contributed by atoms with E-state index in [4.69, 9.17) is 0 Å². The van der Waals surface area contributed by atoms with Crippen molar-refractivity contribution in [3.05, 3.63) is 34.4 Å². The van der Waals surface area contributed by atoms with Gasteiger partial charge in [-0.05, 0) is 69.3 Å². The highest BCUT2D eigenvalue weighted by molar-refractivity contribution is 5.37. The molecule has 0 bridgehead atoms. The zero-order chi connectivity index (χ0) is 15.4. The third-order valence-corrected chi connectivity index (χ3v) is 4.64. The Labute approximate surface area is 130 Å². The van der Waals surface area contributed by atoms with Crippen molar-refractivity contribution in [2.75, 3.05) is 19.6 Å². The fourth-order valence-corrected chi connectivity index (χ4v) is 3.55. The molecule has 0 spiro atoms. The summed E-state index contributed by atoms with van der Waals surface area (Å²) in [4.78, 5) is 2.65. The quantitative estimate of drug-likeness (QED) is 0.886. The summed E-state index contributed by atoms with van der Waals surface area (Å²) < 4.78 is 0. The lowest BCUT2D eigenvalue weighted by molar-refractivity contribution is 0.163. The van der Waals surface area contributed by atoms with E-state index < -0.39 is 0 Å². The molecule has 1 fully saturated rings. The van der Waals surface area contributed by atoms with Crippen LogP contribution in [-0.2, 0) is 6.54 Å². The molecule has 1 aromatic rings. The van der Waals surface area contributed by atoms with Crippen molar-refractivity contribution in [3.63, 3.8) is 0 Å². The van der Waals surface area contributed by atoms with Gasteiger partial charge in [-0.2, -0.15) is 0 Å². The summed E-state index contributed by atoms with van der Waals surface area (Å²) in [5.74, 6) is 0.812. The van der Waals surface area contributed by atoms with E-state index >= 15 is 0 Å². The molecule has 2 rings (SSSR count). The maximum absolute atomic E-state index is 3.60. The fourth-order valence-electron chi connectivity index (χ4n) is 3.55. The van der Waals surface area contributed by atoms with Crippen LogP contribution in [0.1, 0.15) is 48.9 Å². The van der Waals surface area contributed by atoms with Crippen LogP contribution < -0.4 is 5.32 Å². The van der Waals surface area contributed by atoms with Crippen LogP contribution in [0.15, 0.2) is 12.1 Å². The maximum Gasteiger partial charge on any atom is 0.0239 e. The molecular formula is C19H32N2. The van der Waals surface area contributed by atoms with Gasteiger partial charge in [-0.3, -0.25) is 4.90 Å². The van der Waals surface area contributed by atoms with Gasteiger partial charge in [0.05, 0.1) is 0 Å². The summed E-state index contributed by atoms with van der Waals surface area (Å²) in [6, 6.07) is 5.25. The van der Waals surface area contributed by atoms with Crippen LogP contribution >= 0.6 is 0 Å². The summed E-state index contributed by atoms with van der Waals surface area (Å²) >= 11 is 0. The molecule has 21 heavy (non-hydrogen) atoms. The molecule has 2 heteroatoms. The molecule has 118 valence electrons. The standard InChI is InChI=1S/C19H32N2/c1-14(2)20-11-18-7-6-8-21(12-18)13-19-16(4)9-15(3)10-17(19)5/h9-10,14,18,20H,6-8,11-13H2,1-5H3. The Morgan fingerprint density at radius 2 is 1.86 bits per heavy atom. The highest BCUT2D eigenvalue weighted by Crippen LogP contribution is 2.22. The van der Waals surface area contributed by atoms with Gasteiger partial charge >= 0.3 is 0 Å². The van der Waals surface area contributed by atoms with Gasteiger partial charge in [0.25, 0.3) is 0 Å². The lowest BCUT2D eigenvalue weighted by Gasteiger charge is -2.34. The second-order valence-electron chi connectivity index (χ2n) is 7.18. The molecule has 1 atom stereocenters. The molecule has 0 aliphatic carbocycles. The topological polar surface area (TPSA) is 15.3 Å². The lowest BCUT2D eigenvalue weighted by Crippen LogP contribution is -2.40. The van der Waals surface area contributed by atoms with Crippen LogP contribution in [0.3, 0.4) is 0 Å². The monoisotopic (exact) mass is 288 g/mol. The molecule has 0 aromatic heterocycles. The van der Waals surface area contributed by atoms with Gasteiger partial charge in [0.15, 0.2) is 0 Å². The first-order valence-corrected chi connectivity index (χ1v) is 8.48. The number of likely N-dealkylation sites (tertiary alicyclic amines) is 1. The minimum absolute atomic E-state index is 0.599. The van der Waals surface area contributed by atoms with Crippen molar-refractivity contribution in [3.8, 4) is 0 Å². The number of nitrogens with one attached hydrogen (secondary N) is 1. The van der Waals surface area contributed by atoms with Crippen molar-refractivity contribution in [1.82, 2.24) is 10.2 Å². The van der Waals surface area contributed by atoms with Crippen molar-refractivity contribution < 1.29 is 0 Å². The molecule has 1 heterocycles. The molecule has 1 aliphatic heterocycles. The van der Waals surface area contributed by atoms with Gasteiger partial charge in [-0.1, -0.05) is 31.5 Å². The van der Waals surface area contributed by atoms with Gasteiger partial charge in [-0.15, -0.1) is 0 Å². The number of piperidine rings is 1. The Morgan fingerprint density at radius 3 is 2.48 bits per heavy atom. The number of hydrogen-bond acceptors (Lipinski definition) is 2. The van der Waals surface area contributed by atoms with Crippen LogP contribution in [0.4, 0.5) is 0 Å². The van der Waals surface area contributed by atoms with E-state index in [1.54, 1.807) is 0 Å². The Morgan fingerprint density at radius 1 is 1.19 bits per heavy atom. The number of benzene rings is 1. The average Bonchev–Trinajstić information content (AvgIpc) is 2.41. The van der Waals surface area contributed by atoms with Crippen molar-refractivity contribution in [2.24, 2.45) is 5.92 Å². The van der Waals surface area contributed by atoms with Gasteiger partial charge < -0.3 is 5.32 Å². The highest BCUT2D eigenvalue weighted by atomic mass is 15.1. The first-order valence-electron chi connectivity index (χ1n) is 8.48. The van der Waals surface area contributed by atoms with Gasteiger partial charge in [0.1, 0.15) is 0 Å². The summed E-state index contributed by atoms with van der Waals surface area (Å²) in [6.07, 6.45) is 2.72. The van der Waals surface area contributed by atoms with Gasteiger partial charge in [0.2, 0.25) is 0 Å². The first-order chi connectivity index (χ1) is 9.95. The van der Waals surface area contributed by atoms with Crippen LogP contribution in [0.25, 0.3) is 0 Å². The van der Waals surface area contributed by atoms with Crippen molar-refractivity contribution in [2.45, 2.75) is 60.0 Å². The number of aryl methyl sites for hydroxylation is 3. The number of nitrogens with zero attached hydrogens (tertiary/aromatic N) is 1. The van der Waals surface area contributed by atoms with E-state index in [0.29, 0.717) is 6.04 Å². The van der Waals surface area contributed by atoms with E-state index in [2.05, 4.69) is 57.0 Å². The third kappa shape index (κ3) is 4.82. The Kier molecular flexibility index (Phi) is 5.83. The van der Waals surface area contributed by atoms with Crippen LogP contribution in [0.5, 0.6) is 0 Å². The summed E-state index contributed by atoms with van der Waals surface area (Å²) in [7, 11) is 0. The molecule has 1 aromatic carbocycles. The molecule has 1 N–H and O–H groups in total. The smallest absolute Gasteiger partial charge is 0.0239 e. The SMILES string of the molecule is Cc1cc(C)c(CN2CCCC(CNC(C)C)C2)c(C)c1. The van der Waals surface area contributed by atoms with Gasteiger partial charge in [0, 0.05) is 19.1 Å². The first kappa shape index (κ1) is 16.5. The normalized spacial score (nSPS) is 20.2. The number of rotatable bonds is 5. The minimum Gasteiger partial charge on any atom is -0.314 e. The van der Waals surface area contributed by atoms with E-state index in [9.17, 15) is 0 Å². The largest absolute Gasteiger partial charge is 0.314 e. The van der Waals surface area contributed by atoms with Crippen molar-refractivity contribution >= 4 is 0 Å². The van der Waals surface area contributed by atoms with E-state index in [1.807, 2.05) is 0 Å². The predicted molar refractivity (Wildman–Crippen MR) is 91.8 cm³/mol. The van der Waals surface area contributed by atoms with Crippen LogP contribution in [0, 0.1) is 26.7 Å². The number of hydrogen-bond donors (Lipinski definition) is 1. The average molecular weight is 288 g/mol. The second kappa shape index (κ2) is 7.42. The lowest BCUT2D eigenvalue weighted by atomic mass is 9.95. The highest BCUT2D eigenvalue weighted by Gasteiger charge is 2.20. The zero-order valence-electron chi connectivity index (χ0n) is 14.5. The summed E-state index contributed by atoms with van der Waals surface area (Å²) in [6.45, 7) is 16.0. The third-order valence-electron chi connectivity index (χ3n) is 4.64. The minimum atomic E-state index is 0.599. The molecular weight excluding hydrogens is 256 g/mol. The Bertz CT molecular complexity index is 442. The van der Waals surface area contributed by atoms with Crippen LogP contribution in [-0.4, -0.2) is 30.6 Å². The second-order valence-corrected chi connectivity index (χ2v) is 7.18. The molecule has 1 unspecified atom stereocenters.